The first-order valence-electron chi connectivity index (χ1n) is 13.4. The Morgan fingerprint density at radius 2 is 1.58 bits per heavy atom. The summed E-state index contributed by atoms with van der Waals surface area (Å²) in [5, 5.41) is 3.37. The van der Waals surface area contributed by atoms with Gasteiger partial charge in [0.25, 0.3) is 0 Å². The van der Waals surface area contributed by atoms with Gasteiger partial charge in [-0.1, -0.05) is 65.7 Å². The van der Waals surface area contributed by atoms with E-state index in [1.807, 2.05) is 30.3 Å². The maximum Gasteiger partial charge on any atom is 0.416 e. The number of carbonyl (C=O) groups is 2. The molecule has 3 aromatic carbocycles. The number of likely N-dealkylation sites (N-methyl/N-ethyl adjacent to an activating group) is 1. The molecule has 1 N–H and O–H groups in total. The van der Waals surface area contributed by atoms with E-state index in [9.17, 15) is 31.2 Å². The molecule has 0 saturated heterocycles. The molecule has 0 aliphatic carbocycles. The summed E-state index contributed by atoms with van der Waals surface area (Å²) in [6.45, 7) is 1.70. The second-order valence-corrected chi connectivity index (χ2v) is 12.5. The van der Waals surface area contributed by atoms with Crippen LogP contribution in [0, 0.1) is 0 Å². The zero-order chi connectivity index (χ0) is 31.8. The van der Waals surface area contributed by atoms with Gasteiger partial charge in [0.1, 0.15) is 6.04 Å². The van der Waals surface area contributed by atoms with Crippen LogP contribution < -0.4 is 9.62 Å². The number of hydrogen-bond acceptors (Lipinski definition) is 4. The summed E-state index contributed by atoms with van der Waals surface area (Å²) in [7, 11) is -3.99. The topological polar surface area (TPSA) is 86.8 Å². The normalized spacial score (nSPS) is 12.4. The largest absolute Gasteiger partial charge is 0.416 e. The number of benzene rings is 3. The van der Waals surface area contributed by atoms with E-state index in [0.717, 1.165) is 34.3 Å². The maximum atomic E-state index is 13.8. The van der Waals surface area contributed by atoms with E-state index in [-0.39, 0.29) is 38.0 Å². The van der Waals surface area contributed by atoms with Gasteiger partial charge in [0, 0.05) is 48.1 Å². The maximum absolute atomic E-state index is 13.8. The highest BCUT2D eigenvalue weighted by Crippen LogP contribution is 2.32. The summed E-state index contributed by atoms with van der Waals surface area (Å²) < 4.78 is 65.8. The van der Waals surface area contributed by atoms with Crippen LogP contribution in [0.15, 0.2) is 72.8 Å². The number of amides is 2. The molecule has 0 aromatic heterocycles. The van der Waals surface area contributed by atoms with Gasteiger partial charge in [-0.05, 0) is 49.2 Å². The van der Waals surface area contributed by atoms with E-state index in [1.165, 1.54) is 11.0 Å². The molecule has 3 rings (SSSR count). The van der Waals surface area contributed by atoms with Crippen LogP contribution in [0.25, 0.3) is 0 Å². The highest BCUT2D eigenvalue weighted by Gasteiger charge is 2.33. The van der Waals surface area contributed by atoms with Crippen LogP contribution in [0.4, 0.5) is 18.9 Å². The second-order valence-electron chi connectivity index (χ2n) is 9.81. The number of alkyl halides is 3. The molecule has 0 spiro atoms. The monoisotopic (exact) mass is 657 g/mol. The predicted molar refractivity (Wildman–Crippen MR) is 162 cm³/mol. The van der Waals surface area contributed by atoms with Gasteiger partial charge in [-0.15, -0.1) is 0 Å². The molecule has 232 valence electrons. The molecule has 0 fully saturated rings. The highest BCUT2D eigenvalue weighted by atomic mass is 35.5. The van der Waals surface area contributed by atoms with Gasteiger partial charge in [0.15, 0.2) is 0 Å². The minimum Gasteiger partial charge on any atom is -0.355 e. The number of anilines is 1. The van der Waals surface area contributed by atoms with Gasteiger partial charge in [-0.2, -0.15) is 13.2 Å². The van der Waals surface area contributed by atoms with E-state index in [4.69, 9.17) is 23.2 Å². The Labute approximate surface area is 259 Å². The standard InChI is InChI=1S/C30H32Cl2F3N3O4S/c1-3-36-29(40)27(18-21-10-5-4-6-11-21)37(20-24-25(31)14-8-15-26(24)32)28(39)16-9-17-38(43(2,41)42)23-13-7-12-22(19-23)30(33,34)35/h4-8,10-15,19,27H,3,9,16-18,20H2,1-2H3,(H,36,40)/t27-/m0/s1. The molecule has 2 amide bonds. The minimum atomic E-state index is -4.66. The lowest BCUT2D eigenvalue weighted by molar-refractivity contribution is -0.141. The predicted octanol–water partition coefficient (Wildman–Crippen LogP) is 6.33. The lowest BCUT2D eigenvalue weighted by Crippen LogP contribution is -2.50. The SMILES string of the molecule is CCNC(=O)[C@H](Cc1ccccc1)N(Cc1c(Cl)cccc1Cl)C(=O)CCCN(c1cccc(C(F)(F)F)c1)S(C)(=O)=O. The fraction of sp³-hybridized carbons (Fsp3) is 0.333. The molecule has 0 heterocycles. The molecule has 0 radical (unpaired) electrons. The van der Waals surface area contributed by atoms with E-state index in [2.05, 4.69) is 5.32 Å². The van der Waals surface area contributed by atoms with Gasteiger partial charge in [-0.25, -0.2) is 8.42 Å². The molecule has 13 heteroatoms. The molecule has 3 aromatic rings. The van der Waals surface area contributed by atoms with Crippen molar-refractivity contribution in [1.29, 1.82) is 0 Å². The van der Waals surface area contributed by atoms with Crippen LogP contribution in [0.2, 0.25) is 10.0 Å². The average molecular weight is 659 g/mol. The lowest BCUT2D eigenvalue weighted by Gasteiger charge is -2.32. The fourth-order valence-corrected chi connectivity index (χ4v) is 6.02. The first kappa shape index (κ1) is 34.2. The van der Waals surface area contributed by atoms with Crippen molar-refractivity contribution in [2.24, 2.45) is 0 Å². The number of nitrogens with one attached hydrogen (secondary N) is 1. The van der Waals surface area contributed by atoms with Crippen molar-refractivity contribution in [3.8, 4) is 0 Å². The fourth-order valence-electron chi connectivity index (χ4n) is 4.54. The van der Waals surface area contributed by atoms with Crippen LogP contribution in [0.5, 0.6) is 0 Å². The van der Waals surface area contributed by atoms with Crippen molar-refractivity contribution in [3.05, 3.63) is 99.5 Å². The molecule has 0 aliphatic rings. The van der Waals surface area contributed by atoms with E-state index in [1.54, 1.807) is 25.1 Å². The number of hydrogen-bond donors (Lipinski definition) is 1. The molecule has 0 aliphatic heterocycles. The van der Waals surface area contributed by atoms with Crippen LogP contribution in [0.3, 0.4) is 0 Å². The molecular weight excluding hydrogens is 626 g/mol. The molecular formula is C30H32Cl2F3N3O4S. The van der Waals surface area contributed by atoms with Crippen molar-refractivity contribution >= 4 is 50.7 Å². The van der Waals surface area contributed by atoms with Gasteiger partial charge >= 0.3 is 6.18 Å². The first-order chi connectivity index (χ1) is 20.2. The first-order valence-corrected chi connectivity index (χ1v) is 16.0. The third-order valence-corrected chi connectivity index (χ3v) is 8.53. The van der Waals surface area contributed by atoms with Crippen LogP contribution in [0.1, 0.15) is 36.5 Å². The Morgan fingerprint density at radius 1 is 0.953 bits per heavy atom. The minimum absolute atomic E-state index is 0.0393. The molecule has 0 bridgehead atoms. The van der Waals surface area contributed by atoms with Gasteiger partial charge in [-0.3, -0.25) is 13.9 Å². The summed E-state index contributed by atoms with van der Waals surface area (Å²) in [6, 6.07) is 17.0. The highest BCUT2D eigenvalue weighted by molar-refractivity contribution is 7.92. The third-order valence-electron chi connectivity index (χ3n) is 6.63. The molecule has 43 heavy (non-hydrogen) atoms. The average Bonchev–Trinajstić information content (AvgIpc) is 2.94. The number of sulfonamides is 1. The van der Waals surface area contributed by atoms with Crippen LogP contribution in [-0.2, 0) is 38.8 Å². The number of rotatable bonds is 13. The van der Waals surface area contributed by atoms with E-state index < -0.39 is 39.6 Å². The van der Waals surface area contributed by atoms with Crippen molar-refractivity contribution in [2.45, 2.75) is 44.9 Å². The number of halogens is 5. The third kappa shape index (κ3) is 9.61. The molecule has 0 unspecified atom stereocenters. The quantitative estimate of drug-likeness (QED) is 0.233. The Bertz CT molecular complexity index is 1500. The Hall–Kier alpha value is -3.28. The molecule has 7 nitrogen and oxygen atoms in total. The van der Waals surface area contributed by atoms with Crippen molar-refractivity contribution in [1.82, 2.24) is 10.2 Å². The zero-order valence-electron chi connectivity index (χ0n) is 23.6. The van der Waals surface area contributed by atoms with Gasteiger partial charge in [0.2, 0.25) is 21.8 Å². The summed E-state index contributed by atoms with van der Waals surface area (Å²) in [4.78, 5) is 28.5. The Morgan fingerprint density at radius 3 is 2.16 bits per heavy atom. The van der Waals surface area contributed by atoms with Gasteiger partial charge in [0.05, 0.1) is 17.5 Å². The second kappa shape index (κ2) is 14.9. The summed E-state index contributed by atoms with van der Waals surface area (Å²) in [5.74, 6) is -0.884. The molecule has 1 atom stereocenters. The smallest absolute Gasteiger partial charge is 0.355 e. The Balaban J connectivity index is 1.92. The van der Waals surface area contributed by atoms with Gasteiger partial charge < -0.3 is 10.2 Å². The van der Waals surface area contributed by atoms with E-state index in [0.29, 0.717) is 22.2 Å². The van der Waals surface area contributed by atoms with Crippen molar-refractivity contribution in [3.63, 3.8) is 0 Å². The number of carbonyl (C=O) groups excluding carboxylic acids is 2. The van der Waals surface area contributed by atoms with Crippen LogP contribution >= 0.6 is 23.2 Å². The van der Waals surface area contributed by atoms with Crippen molar-refractivity contribution in [2.75, 3.05) is 23.7 Å². The van der Waals surface area contributed by atoms with Crippen LogP contribution in [-0.4, -0.2) is 50.5 Å². The number of nitrogens with zero attached hydrogens (tertiary/aromatic N) is 2. The Kier molecular flexibility index (Phi) is 11.9. The summed E-state index contributed by atoms with van der Waals surface area (Å²) in [5.41, 5.74) is 0.0647. The zero-order valence-corrected chi connectivity index (χ0v) is 25.9. The van der Waals surface area contributed by atoms with Crippen molar-refractivity contribution < 1.29 is 31.2 Å². The summed E-state index contributed by atoms with van der Waals surface area (Å²) in [6.07, 6.45) is -3.85. The summed E-state index contributed by atoms with van der Waals surface area (Å²) >= 11 is 12.8. The lowest BCUT2D eigenvalue weighted by atomic mass is 10.0. The van der Waals surface area contributed by atoms with E-state index >= 15 is 0 Å². The molecule has 0 saturated carbocycles.